The zero-order valence-corrected chi connectivity index (χ0v) is 14.2. The number of nitrogens with zero attached hydrogens (tertiary/aromatic N) is 1. The van der Waals surface area contributed by atoms with E-state index in [1.165, 1.54) is 27.8 Å². The summed E-state index contributed by atoms with van der Waals surface area (Å²) in [6.07, 6.45) is 0. The van der Waals surface area contributed by atoms with E-state index in [4.69, 9.17) is 4.52 Å². The molecule has 0 saturated heterocycles. The maximum Gasteiger partial charge on any atom is 0.138 e. The predicted molar refractivity (Wildman–Crippen MR) is 86.6 cm³/mol. The third kappa shape index (κ3) is 3.18. The summed E-state index contributed by atoms with van der Waals surface area (Å²) in [5.41, 5.74) is 7.53. The summed E-state index contributed by atoms with van der Waals surface area (Å²) >= 11 is 0. The molecule has 0 saturated carbocycles. The number of hydrogen-bond acceptors (Lipinski definition) is 3. The molecule has 0 aliphatic heterocycles. The zero-order valence-electron chi connectivity index (χ0n) is 14.2. The summed E-state index contributed by atoms with van der Waals surface area (Å²) in [7, 11) is 0. The van der Waals surface area contributed by atoms with Crippen LogP contribution in [0.2, 0.25) is 0 Å². The van der Waals surface area contributed by atoms with Crippen LogP contribution in [0.5, 0.6) is 0 Å². The van der Waals surface area contributed by atoms with Crippen LogP contribution in [-0.2, 0) is 0 Å². The van der Waals surface area contributed by atoms with E-state index in [9.17, 15) is 0 Å². The lowest BCUT2D eigenvalue weighted by molar-refractivity contribution is 0.389. The van der Waals surface area contributed by atoms with Gasteiger partial charge < -0.3 is 9.84 Å². The quantitative estimate of drug-likeness (QED) is 0.890. The van der Waals surface area contributed by atoms with Crippen LogP contribution in [-0.4, -0.2) is 5.16 Å². The summed E-state index contributed by atoms with van der Waals surface area (Å²) in [6.45, 7) is 14.9. The Kier molecular flexibility index (Phi) is 4.52. The Morgan fingerprint density at radius 3 is 2.10 bits per heavy atom. The first-order valence-electron chi connectivity index (χ1n) is 7.57. The summed E-state index contributed by atoms with van der Waals surface area (Å²) < 4.78 is 5.27. The predicted octanol–water partition coefficient (Wildman–Crippen LogP) is 4.63. The molecule has 1 aromatic heterocycles. The number of benzene rings is 1. The molecule has 1 heterocycles. The van der Waals surface area contributed by atoms with Gasteiger partial charge in [-0.3, -0.25) is 0 Å². The first-order valence-corrected chi connectivity index (χ1v) is 7.57. The highest BCUT2D eigenvalue weighted by Gasteiger charge is 2.19. The van der Waals surface area contributed by atoms with Crippen LogP contribution in [0.3, 0.4) is 0 Å². The van der Waals surface area contributed by atoms with Crippen molar-refractivity contribution in [3.8, 4) is 0 Å². The summed E-state index contributed by atoms with van der Waals surface area (Å²) in [5, 5.41) is 7.71. The fourth-order valence-corrected chi connectivity index (χ4v) is 3.11. The van der Waals surface area contributed by atoms with Gasteiger partial charge in [0, 0.05) is 17.6 Å². The topological polar surface area (TPSA) is 38.1 Å². The van der Waals surface area contributed by atoms with Crippen molar-refractivity contribution in [2.75, 3.05) is 0 Å². The second kappa shape index (κ2) is 6.02. The molecular weight excluding hydrogens is 260 g/mol. The first kappa shape index (κ1) is 15.8. The Morgan fingerprint density at radius 2 is 1.52 bits per heavy atom. The van der Waals surface area contributed by atoms with Crippen molar-refractivity contribution in [2.24, 2.45) is 0 Å². The van der Waals surface area contributed by atoms with Crippen LogP contribution in [0.1, 0.15) is 65.2 Å². The molecule has 0 amide bonds. The van der Waals surface area contributed by atoms with Crippen LogP contribution in [0.15, 0.2) is 16.7 Å². The van der Waals surface area contributed by atoms with Crippen molar-refractivity contribution >= 4 is 0 Å². The van der Waals surface area contributed by atoms with Crippen molar-refractivity contribution in [1.29, 1.82) is 0 Å². The minimum Gasteiger partial charge on any atom is -0.361 e. The number of rotatable bonds is 4. The standard InChI is InChI=1S/C18H26N2O/c1-10-8-12(3)17(9-11(10)2)13(4)19-14(5)18-15(6)20-21-16(18)7/h8-9,13-14,19H,1-7H3. The monoisotopic (exact) mass is 286 g/mol. The van der Waals surface area contributed by atoms with E-state index >= 15 is 0 Å². The maximum atomic E-state index is 5.27. The molecular formula is C18H26N2O. The van der Waals surface area contributed by atoms with Gasteiger partial charge in [0.2, 0.25) is 0 Å². The molecule has 1 aromatic carbocycles. The van der Waals surface area contributed by atoms with Gasteiger partial charge >= 0.3 is 0 Å². The number of aryl methyl sites for hydroxylation is 5. The van der Waals surface area contributed by atoms with Crippen molar-refractivity contribution in [1.82, 2.24) is 10.5 Å². The van der Waals surface area contributed by atoms with Crippen LogP contribution < -0.4 is 5.32 Å². The minimum absolute atomic E-state index is 0.215. The van der Waals surface area contributed by atoms with Crippen molar-refractivity contribution in [3.05, 3.63) is 51.4 Å². The molecule has 114 valence electrons. The lowest BCUT2D eigenvalue weighted by Crippen LogP contribution is -2.24. The summed E-state index contributed by atoms with van der Waals surface area (Å²) in [4.78, 5) is 0. The molecule has 2 atom stereocenters. The van der Waals surface area contributed by atoms with Gasteiger partial charge in [0.05, 0.1) is 5.69 Å². The Morgan fingerprint density at radius 1 is 0.905 bits per heavy atom. The smallest absolute Gasteiger partial charge is 0.138 e. The zero-order chi connectivity index (χ0) is 15.7. The van der Waals surface area contributed by atoms with Crippen molar-refractivity contribution < 1.29 is 4.52 Å². The molecule has 3 heteroatoms. The van der Waals surface area contributed by atoms with Crippen LogP contribution >= 0.6 is 0 Å². The Balaban J connectivity index is 2.22. The van der Waals surface area contributed by atoms with Gasteiger partial charge in [-0.15, -0.1) is 0 Å². The molecule has 1 N–H and O–H groups in total. The van der Waals surface area contributed by atoms with E-state index in [1.54, 1.807) is 0 Å². The molecule has 2 aromatic rings. The molecule has 0 aliphatic rings. The Bertz CT molecular complexity index is 623. The van der Waals surface area contributed by atoms with E-state index < -0.39 is 0 Å². The van der Waals surface area contributed by atoms with E-state index in [0.29, 0.717) is 0 Å². The first-order chi connectivity index (χ1) is 9.81. The van der Waals surface area contributed by atoms with Crippen LogP contribution in [0.25, 0.3) is 0 Å². The molecule has 0 fully saturated rings. The van der Waals surface area contributed by atoms with Crippen LogP contribution in [0.4, 0.5) is 0 Å². The molecule has 0 spiro atoms. The van der Waals surface area contributed by atoms with Crippen LogP contribution in [0, 0.1) is 34.6 Å². The average molecular weight is 286 g/mol. The second-order valence-corrected chi connectivity index (χ2v) is 6.14. The molecule has 2 unspecified atom stereocenters. The lowest BCUT2D eigenvalue weighted by atomic mass is 9.95. The van der Waals surface area contributed by atoms with Crippen molar-refractivity contribution in [3.63, 3.8) is 0 Å². The highest BCUT2D eigenvalue weighted by Crippen LogP contribution is 2.27. The second-order valence-electron chi connectivity index (χ2n) is 6.14. The van der Waals surface area contributed by atoms with E-state index in [-0.39, 0.29) is 12.1 Å². The van der Waals surface area contributed by atoms with Gasteiger partial charge in [0.25, 0.3) is 0 Å². The summed E-state index contributed by atoms with van der Waals surface area (Å²) in [6, 6.07) is 5.06. The molecule has 0 aliphatic carbocycles. The van der Waals surface area contributed by atoms with E-state index in [0.717, 1.165) is 11.5 Å². The van der Waals surface area contributed by atoms with Gasteiger partial charge in [0.15, 0.2) is 0 Å². The number of nitrogens with one attached hydrogen (secondary N) is 1. The highest BCUT2D eigenvalue weighted by molar-refractivity contribution is 5.38. The average Bonchev–Trinajstić information content (AvgIpc) is 2.73. The summed E-state index contributed by atoms with van der Waals surface area (Å²) in [5.74, 6) is 0.900. The number of aromatic nitrogens is 1. The molecule has 0 bridgehead atoms. The Labute approximate surface area is 127 Å². The fourth-order valence-electron chi connectivity index (χ4n) is 3.11. The van der Waals surface area contributed by atoms with E-state index in [2.05, 4.69) is 57.2 Å². The molecule has 3 nitrogen and oxygen atoms in total. The third-order valence-corrected chi connectivity index (χ3v) is 4.37. The maximum absolute atomic E-state index is 5.27. The van der Waals surface area contributed by atoms with Gasteiger partial charge in [-0.05, 0) is 70.7 Å². The SMILES string of the molecule is Cc1cc(C)c(C(C)NC(C)c2c(C)noc2C)cc1C. The van der Waals surface area contributed by atoms with Gasteiger partial charge in [-0.2, -0.15) is 0 Å². The van der Waals surface area contributed by atoms with Crippen molar-refractivity contribution in [2.45, 2.75) is 60.5 Å². The van der Waals surface area contributed by atoms with E-state index in [1.807, 2.05) is 13.8 Å². The number of hydrogen-bond donors (Lipinski definition) is 1. The third-order valence-electron chi connectivity index (χ3n) is 4.37. The molecule has 2 rings (SSSR count). The fraction of sp³-hybridized carbons (Fsp3) is 0.500. The van der Waals surface area contributed by atoms with Gasteiger partial charge in [-0.25, -0.2) is 0 Å². The largest absolute Gasteiger partial charge is 0.361 e. The van der Waals surface area contributed by atoms with Gasteiger partial charge in [0.1, 0.15) is 5.76 Å². The lowest BCUT2D eigenvalue weighted by Gasteiger charge is -2.23. The molecule has 21 heavy (non-hydrogen) atoms. The Hall–Kier alpha value is -1.61. The minimum atomic E-state index is 0.215. The van der Waals surface area contributed by atoms with Gasteiger partial charge in [-0.1, -0.05) is 17.3 Å². The normalized spacial score (nSPS) is 14.2. The highest BCUT2D eigenvalue weighted by atomic mass is 16.5. The molecule has 0 radical (unpaired) electrons.